The molecule has 0 aliphatic heterocycles. The summed E-state index contributed by atoms with van der Waals surface area (Å²) in [4.78, 5) is 24.4. The Hall–Kier alpha value is -3.28. The summed E-state index contributed by atoms with van der Waals surface area (Å²) < 4.78 is 16.4. The minimum atomic E-state index is -0.761. The average Bonchev–Trinajstić information content (AvgIpc) is 2.68. The second-order valence-corrected chi connectivity index (χ2v) is 6.95. The molecular weight excluding hydrogens is 370 g/mol. The first-order chi connectivity index (χ1) is 13.9. The first-order valence-electron chi connectivity index (χ1n) is 9.60. The van der Waals surface area contributed by atoms with E-state index in [1.165, 1.54) is 6.07 Å². The first kappa shape index (κ1) is 20.5. The number of nitrogens with one attached hydrogen (secondary N) is 1. The summed E-state index contributed by atoms with van der Waals surface area (Å²) in [5.74, 6) is 0.718. The lowest BCUT2D eigenvalue weighted by atomic mass is 10.1. The van der Waals surface area contributed by atoms with Gasteiger partial charge in [-0.3, -0.25) is 4.79 Å². The van der Waals surface area contributed by atoms with Crippen LogP contribution in [0, 0.1) is 6.92 Å². The molecule has 0 bridgehead atoms. The molecule has 0 aliphatic carbocycles. The SMILES string of the molecule is CCCc1cc(=O)oc2cc(OC(C)C(=O)Nc3cc(C)ccc3OC)ccc12. The third kappa shape index (κ3) is 4.77. The molecule has 29 heavy (non-hydrogen) atoms. The zero-order valence-corrected chi connectivity index (χ0v) is 17.1. The number of benzene rings is 2. The van der Waals surface area contributed by atoms with Crippen molar-refractivity contribution in [2.45, 2.75) is 39.7 Å². The molecule has 3 rings (SSSR count). The summed E-state index contributed by atoms with van der Waals surface area (Å²) in [6.45, 7) is 5.65. The molecule has 1 unspecified atom stereocenters. The number of carbonyl (C=O) groups is 1. The Morgan fingerprint density at radius 3 is 2.69 bits per heavy atom. The lowest BCUT2D eigenvalue weighted by molar-refractivity contribution is -0.122. The van der Waals surface area contributed by atoms with E-state index in [1.54, 1.807) is 32.2 Å². The van der Waals surface area contributed by atoms with Crippen molar-refractivity contribution in [2.75, 3.05) is 12.4 Å². The van der Waals surface area contributed by atoms with Gasteiger partial charge in [-0.1, -0.05) is 19.4 Å². The van der Waals surface area contributed by atoms with Gasteiger partial charge in [0, 0.05) is 17.5 Å². The summed E-state index contributed by atoms with van der Waals surface area (Å²) in [6.07, 6.45) is 0.957. The van der Waals surface area contributed by atoms with Crippen molar-refractivity contribution in [2.24, 2.45) is 0 Å². The van der Waals surface area contributed by atoms with E-state index in [-0.39, 0.29) is 5.91 Å². The van der Waals surface area contributed by atoms with Crippen LogP contribution in [-0.4, -0.2) is 19.1 Å². The molecule has 2 aromatic carbocycles. The van der Waals surface area contributed by atoms with Crippen molar-refractivity contribution < 1.29 is 18.7 Å². The lowest BCUT2D eigenvalue weighted by Gasteiger charge is -2.17. The number of carbonyl (C=O) groups excluding carboxylic acids is 1. The molecule has 0 aliphatic rings. The predicted molar refractivity (Wildman–Crippen MR) is 113 cm³/mol. The van der Waals surface area contributed by atoms with E-state index < -0.39 is 11.7 Å². The van der Waals surface area contributed by atoms with Gasteiger partial charge in [-0.15, -0.1) is 0 Å². The molecule has 0 fully saturated rings. The minimum Gasteiger partial charge on any atom is -0.495 e. The van der Waals surface area contributed by atoms with Gasteiger partial charge in [-0.05, 0) is 55.7 Å². The molecule has 0 saturated heterocycles. The van der Waals surface area contributed by atoms with Crippen LogP contribution < -0.4 is 20.4 Å². The molecule has 1 aromatic heterocycles. The summed E-state index contributed by atoms with van der Waals surface area (Å²) in [5, 5.41) is 3.71. The number of rotatable bonds is 7. The summed E-state index contributed by atoms with van der Waals surface area (Å²) >= 11 is 0. The summed E-state index contributed by atoms with van der Waals surface area (Å²) in [5.41, 5.74) is 2.59. The Morgan fingerprint density at radius 2 is 1.97 bits per heavy atom. The number of ether oxygens (including phenoxy) is 2. The molecule has 0 spiro atoms. The van der Waals surface area contributed by atoms with Crippen LogP contribution in [0.3, 0.4) is 0 Å². The van der Waals surface area contributed by atoms with Crippen molar-refractivity contribution in [3.8, 4) is 11.5 Å². The van der Waals surface area contributed by atoms with Crippen molar-refractivity contribution >= 4 is 22.6 Å². The standard InChI is InChI=1S/C23H25NO5/c1-5-6-16-12-22(25)29-21-13-17(8-9-18(16)21)28-15(3)23(26)24-19-11-14(2)7-10-20(19)27-4/h7-13,15H,5-6H2,1-4H3,(H,24,26). The number of anilines is 1. The Morgan fingerprint density at radius 1 is 1.17 bits per heavy atom. The molecule has 6 nitrogen and oxygen atoms in total. The van der Waals surface area contributed by atoms with Gasteiger partial charge in [0.05, 0.1) is 12.8 Å². The third-order valence-electron chi connectivity index (χ3n) is 4.62. The highest BCUT2D eigenvalue weighted by molar-refractivity contribution is 5.95. The Kier molecular flexibility index (Phi) is 6.22. The second-order valence-electron chi connectivity index (χ2n) is 6.95. The molecule has 1 atom stereocenters. The van der Waals surface area contributed by atoms with E-state index in [2.05, 4.69) is 12.2 Å². The molecule has 3 aromatic rings. The van der Waals surface area contributed by atoms with Crippen LogP contribution in [-0.2, 0) is 11.2 Å². The van der Waals surface area contributed by atoms with Crippen LogP contribution in [0.25, 0.3) is 11.0 Å². The van der Waals surface area contributed by atoms with Gasteiger partial charge in [0.15, 0.2) is 6.10 Å². The van der Waals surface area contributed by atoms with Crippen molar-refractivity contribution in [1.82, 2.24) is 0 Å². The van der Waals surface area contributed by atoms with E-state index >= 15 is 0 Å². The molecular formula is C23H25NO5. The largest absolute Gasteiger partial charge is 0.495 e. The van der Waals surface area contributed by atoms with Gasteiger partial charge < -0.3 is 19.2 Å². The minimum absolute atomic E-state index is 0.310. The van der Waals surface area contributed by atoms with Gasteiger partial charge in [0.1, 0.15) is 17.1 Å². The van der Waals surface area contributed by atoms with Crippen LogP contribution in [0.2, 0.25) is 0 Å². The zero-order chi connectivity index (χ0) is 21.0. The summed E-state index contributed by atoms with van der Waals surface area (Å²) in [6, 6.07) is 12.3. The number of hydrogen-bond acceptors (Lipinski definition) is 5. The van der Waals surface area contributed by atoms with Crippen LogP contribution >= 0.6 is 0 Å². The Labute approximate surface area is 169 Å². The number of hydrogen-bond donors (Lipinski definition) is 1. The van der Waals surface area contributed by atoms with E-state index in [0.29, 0.717) is 22.8 Å². The van der Waals surface area contributed by atoms with E-state index in [9.17, 15) is 9.59 Å². The highest BCUT2D eigenvalue weighted by atomic mass is 16.5. The van der Waals surface area contributed by atoms with Gasteiger partial charge in [0.25, 0.3) is 5.91 Å². The van der Waals surface area contributed by atoms with Crippen molar-refractivity contribution in [1.29, 1.82) is 0 Å². The third-order valence-corrected chi connectivity index (χ3v) is 4.62. The highest BCUT2D eigenvalue weighted by Gasteiger charge is 2.17. The zero-order valence-electron chi connectivity index (χ0n) is 17.1. The van der Waals surface area contributed by atoms with Gasteiger partial charge >= 0.3 is 5.63 Å². The smallest absolute Gasteiger partial charge is 0.336 e. The topological polar surface area (TPSA) is 77.8 Å². The Balaban J connectivity index is 1.79. The fourth-order valence-corrected chi connectivity index (χ4v) is 3.17. The number of methoxy groups -OCH3 is 1. The van der Waals surface area contributed by atoms with E-state index in [0.717, 1.165) is 29.4 Å². The molecule has 0 radical (unpaired) electrons. The molecule has 1 N–H and O–H groups in total. The van der Waals surface area contributed by atoms with Crippen LogP contribution in [0.4, 0.5) is 5.69 Å². The van der Waals surface area contributed by atoms with Gasteiger partial charge in [-0.2, -0.15) is 0 Å². The van der Waals surface area contributed by atoms with E-state index in [1.807, 2.05) is 25.1 Å². The van der Waals surface area contributed by atoms with E-state index in [4.69, 9.17) is 13.9 Å². The average molecular weight is 395 g/mol. The monoisotopic (exact) mass is 395 g/mol. The van der Waals surface area contributed by atoms with Crippen molar-refractivity contribution in [3.63, 3.8) is 0 Å². The normalized spacial score (nSPS) is 11.9. The van der Waals surface area contributed by atoms with Gasteiger partial charge in [-0.25, -0.2) is 4.79 Å². The maximum atomic E-state index is 12.6. The quantitative estimate of drug-likeness (QED) is 0.597. The van der Waals surface area contributed by atoms with Gasteiger partial charge in [0.2, 0.25) is 0 Å². The molecule has 152 valence electrons. The molecule has 1 amide bonds. The Bertz CT molecular complexity index is 1090. The summed E-state index contributed by atoms with van der Waals surface area (Å²) in [7, 11) is 1.55. The van der Waals surface area contributed by atoms with Crippen LogP contribution in [0.1, 0.15) is 31.4 Å². The predicted octanol–water partition coefficient (Wildman–Crippen LogP) is 4.47. The number of amides is 1. The van der Waals surface area contributed by atoms with Crippen LogP contribution in [0.15, 0.2) is 51.7 Å². The second kappa shape index (κ2) is 8.82. The fraction of sp³-hybridized carbons (Fsp3) is 0.304. The molecule has 1 heterocycles. The lowest BCUT2D eigenvalue weighted by Crippen LogP contribution is -2.30. The maximum absolute atomic E-state index is 12.6. The maximum Gasteiger partial charge on any atom is 0.336 e. The highest BCUT2D eigenvalue weighted by Crippen LogP contribution is 2.27. The molecule has 6 heteroatoms. The van der Waals surface area contributed by atoms with Crippen LogP contribution in [0.5, 0.6) is 11.5 Å². The molecule has 0 saturated carbocycles. The van der Waals surface area contributed by atoms with Crippen molar-refractivity contribution in [3.05, 3.63) is 64.0 Å². The fourth-order valence-electron chi connectivity index (χ4n) is 3.17. The first-order valence-corrected chi connectivity index (χ1v) is 9.60. The number of aryl methyl sites for hydroxylation is 2. The number of fused-ring (bicyclic) bond motifs is 1.